The summed E-state index contributed by atoms with van der Waals surface area (Å²) in [5, 5.41) is 2.97. The largest absolute Gasteiger partial charge is 0.337 e. The van der Waals surface area contributed by atoms with Crippen LogP contribution in [0.15, 0.2) is 11.6 Å². The van der Waals surface area contributed by atoms with E-state index in [1.54, 1.807) is 0 Å². The Morgan fingerprint density at radius 3 is 2.92 bits per heavy atom. The second-order valence-electron chi connectivity index (χ2n) is 3.61. The van der Waals surface area contributed by atoms with E-state index in [9.17, 15) is 4.79 Å². The second kappa shape index (κ2) is 4.42. The monoisotopic (exact) mass is 182 g/mol. The van der Waals surface area contributed by atoms with Crippen LogP contribution in [-0.4, -0.2) is 37.0 Å². The molecule has 74 valence electrons. The molecule has 1 aliphatic rings. The molecule has 1 N–H and O–H groups in total. The van der Waals surface area contributed by atoms with Gasteiger partial charge in [-0.15, -0.1) is 0 Å². The predicted molar refractivity (Wildman–Crippen MR) is 53.5 cm³/mol. The van der Waals surface area contributed by atoms with Crippen molar-refractivity contribution in [3.8, 4) is 0 Å². The van der Waals surface area contributed by atoms with Gasteiger partial charge in [0.15, 0.2) is 0 Å². The topological polar surface area (TPSA) is 32.3 Å². The Hall–Kier alpha value is -0.830. The number of carbonyl (C=O) groups is 1. The molecule has 3 nitrogen and oxygen atoms in total. The first kappa shape index (κ1) is 10.3. The van der Waals surface area contributed by atoms with Crippen LogP contribution < -0.4 is 5.32 Å². The predicted octanol–water partition coefficient (Wildman–Crippen LogP) is 0.773. The molecule has 0 radical (unpaired) electrons. The van der Waals surface area contributed by atoms with E-state index in [0.29, 0.717) is 0 Å². The zero-order valence-electron chi connectivity index (χ0n) is 8.63. The van der Waals surface area contributed by atoms with Crippen LogP contribution in [0.5, 0.6) is 0 Å². The lowest BCUT2D eigenvalue weighted by Gasteiger charge is -2.28. The summed E-state index contributed by atoms with van der Waals surface area (Å²) in [5.74, 6) is 0.204. The quantitative estimate of drug-likeness (QED) is 0.640. The fraction of sp³-hybridized carbons (Fsp3) is 0.700. The highest BCUT2D eigenvalue weighted by Gasteiger charge is 2.20. The average molecular weight is 182 g/mol. The fourth-order valence-corrected chi connectivity index (χ4v) is 1.50. The van der Waals surface area contributed by atoms with E-state index in [-0.39, 0.29) is 11.9 Å². The van der Waals surface area contributed by atoms with Gasteiger partial charge in [-0.05, 0) is 27.3 Å². The number of hydrogen-bond acceptors (Lipinski definition) is 2. The molecule has 1 heterocycles. The van der Waals surface area contributed by atoms with Gasteiger partial charge in [0.2, 0.25) is 5.91 Å². The molecule has 3 heteroatoms. The minimum Gasteiger partial charge on any atom is -0.337 e. The standard InChI is InChI=1S/C10H18N2O/c1-8-5-4-6-12(7-8)10(13)9(2)11-3/h5,9,11H,4,6-7H2,1-3H3/t9-/m0/s1. The Balaban J connectivity index is 2.53. The van der Waals surface area contributed by atoms with Gasteiger partial charge >= 0.3 is 0 Å². The maximum atomic E-state index is 11.7. The van der Waals surface area contributed by atoms with Gasteiger partial charge in [0.05, 0.1) is 6.04 Å². The van der Waals surface area contributed by atoms with Gasteiger partial charge in [0.1, 0.15) is 0 Å². The normalized spacial score (nSPS) is 19.6. The van der Waals surface area contributed by atoms with Gasteiger partial charge in [-0.3, -0.25) is 4.79 Å². The number of carbonyl (C=O) groups excluding carboxylic acids is 1. The summed E-state index contributed by atoms with van der Waals surface area (Å²) in [6.07, 6.45) is 3.20. The number of hydrogen-bond donors (Lipinski definition) is 1. The molecule has 1 atom stereocenters. The molecule has 0 aromatic heterocycles. The first-order chi connectivity index (χ1) is 6.15. The molecule has 0 aliphatic carbocycles. The summed E-state index contributed by atoms with van der Waals surface area (Å²) >= 11 is 0. The highest BCUT2D eigenvalue weighted by molar-refractivity contribution is 5.81. The van der Waals surface area contributed by atoms with Crippen LogP contribution in [0.25, 0.3) is 0 Å². The molecule has 1 amide bonds. The van der Waals surface area contributed by atoms with E-state index in [4.69, 9.17) is 0 Å². The highest BCUT2D eigenvalue weighted by atomic mass is 16.2. The number of nitrogens with zero attached hydrogens (tertiary/aromatic N) is 1. The number of nitrogens with one attached hydrogen (secondary N) is 1. The van der Waals surface area contributed by atoms with Crippen LogP contribution in [0.1, 0.15) is 20.3 Å². The summed E-state index contributed by atoms with van der Waals surface area (Å²) in [6.45, 7) is 5.63. The Morgan fingerprint density at radius 2 is 2.38 bits per heavy atom. The van der Waals surface area contributed by atoms with Crippen LogP contribution in [0, 0.1) is 0 Å². The van der Waals surface area contributed by atoms with Gasteiger partial charge in [0, 0.05) is 13.1 Å². The SMILES string of the molecule is CN[C@@H](C)C(=O)N1CCC=C(C)C1. The van der Waals surface area contributed by atoms with Crippen molar-refractivity contribution in [2.24, 2.45) is 0 Å². The molecular weight excluding hydrogens is 164 g/mol. The summed E-state index contributed by atoms with van der Waals surface area (Å²) in [7, 11) is 1.81. The molecular formula is C10H18N2O. The molecule has 0 aromatic rings. The number of likely N-dealkylation sites (N-methyl/N-ethyl adjacent to an activating group) is 1. The zero-order chi connectivity index (χ0) is 9.84. The van der Waals surface area contributed by atoms with Crippen LogP contribution in [0.2, 0.25) is 0 Å². The summed E-state index contributed by atoms with van der Waals surface area (Å²) in [4.78, 5) is 13.6. The van der Waals surface area contributed by atoms with E-state index in [1.807, 2.05) is 18.9 Å². The van der Waals surface area contributed by atoms with E-state index in [2.05, 4.69) is 18.3 Å². The third-order valence-electron chi connectivity index (χ3n) is 2.45. The van der Waals surface area contributed by atoms with Crippen molar-refractivity contribution in [1.29, 1.82) is 0 Å². The lowest BCUT2D eigenvalue weighted by Crippen LogP contribution is -2.45. The molecule has 0 saturated heterocycles. The molecule has 0 spiro atoms. The molecule has 0 aromatic carbocycles. The van der Waals surface area contributed by atoms with Crippen molar-refractivity contribution in [3.05, 3.63) is 11.6 Å². The summed E-state index contributed by atoms with van der Waals surface area (Å²) in [5.41, 5.74) is 1.29. The zero-order valence-corrected chi connectivity index (χ0v) is 8.63. The van der Waals surface area contributed by atoms with E-state index < -0.39 is 0 Å². The first-order valence-corrected chi connectivity index (χ1v) is 4.77. The molecule has 1 aliphatic heterocycles. The van der Waals surface area contributed by atoms with Gasteiger partial charge in [-0.25, -0.2) is 0 Å². The Morgan fingerprint density at radius 1 is 1.69 bits per heavy atom. The Labute approximate surface area is 79.8 Å². The third-order valence-corrected chi connectivity index (χ3v) is 2.45. The van der Waals surface area contributed by atoms with Crippen LogP contribution >= 0.6 is 0 Å². The molecule has 0 unspecified atom stereocenters. The van der Waals surface area contributed by atoms with Crippen molar-refractivity contribution in [2.45, 2.75) is 26.3 Å². The first-order valence-electron chi connectivity index (χ1n) is 4.77. The van der Waals surface area contributed by atoms with Gasteiger partial charge < -0.3 is 10.2 Å². The third kappa shape index (κ3) is 2.56. The smallest absolute Gasteiger partial charge is 0.239 e. The molecule has 0 fully saturated rings. The van der Waals surface area contributed by atoms with E-state index in [1.165, 1.54) is 5.57 Å². The molecule has 0 saturated carbocycles. The maximum Gasteiger partial charge on any atom is 0.239 e. The average Bonchev–Trinajstić information content (AvgIpc) is 2.15. The number of amides is 1. The minimum absolute atomic E-state index is 0.0640. The van der Waals surface area contributed by atoms with Gasteiger partial charge in [-0.2, -0.15) is 0 Å². The highest BCUT2D eigenvalue weighted by Crippen LogP contribution is 2.09. The fourth-order valence-electron chi connectivity index (χ4n) is 1.50. The summed E-state index contributed by atoms with van der Waals surface area (Å²) < 4.78 is 0. The molecule has 1 rings (SSSR count). The van der Waals surface area contributed by atoms with Crippen molar-refractivity contribution in [3.63, 3.8) is 0 Å². The lowest BCUT2D eigenvalue weighted by molar-refractivity contribution is -0.132. The van der Waals surface area contributed by atoms with Crippen molar-refractivity contribution in [1.82, 2.24) is 10.2 Å². The van der Waals surface area contributed by atoms with E-state index in [0.717, 1.165) is 19.5 Å². The van der Waals surface area contributed by atoms with Crippen molar-refractivity contribution >= 4 is 5.91 Å². The van der Waals surface area contributed by atoms with Gasteiger partial charge in [0.25, 0.3) is 0 Å². The van der Waals surface area contributed by atoms with E-state index >= 15 is 0 Å². The van der Waals surface area contributed by atoms with Gasteiger partial charge in [-0.1, -0.05) is 11.6 Å². The van der Waals surface area contributed by atoms with Crippen molar-refractivity contribution in [2.75, 3.05) is 20.1 Å². The number of rotatable bonds is 2. The second-order valence-corrected chi connectivity index (χ2v) is 3.61. The molecule has 13 heavy (non-hydrogen) atoms. The van der Waals surface area contributed by atoms with Crippen molar-refractivity contribution < 1.29 is 4.79 Å². The summed E-state index contributed by atoms with van der Waals surface area (Å²) in [6, 6.07) is -0.0640. The van der Waals surface area contributed by atoms with Crippen LogP contribution in [0.3, 0.4) is 0 Å². The Kier molecular flexibility index (Phi) is 3.48. The molecule has 0 bridgehead atoms. The Bertz CT molecular complexity index is 223. The minimum atomic E-state index is -0.0640. The van der Waals surface area contributed by atoms with Crippen LogP contribution in [-0.2, 0) is 4.79 Å². The maximum absolute atomic E-state index is 11.7. The van der Waals surface area contributed by atoms with Crippen LogP contribution in [0.4, 0.5) is 0 Å². The lowest BCUT2D eigenvalue weighted by atomic mass is 10.1.